The van der Waals surface area contributed by atoms with E-state index < -0.39 is 0 Å². The summed E-state index contributed by atoms with van der Waals surface area (Å²) in [5, 5.41) is 3.77. The summed E-state index contributed by atoms with van der Waals surface area (Å²) in [4.78, 5) is 2.75. The Morgan fingerprint density at radius 3 is 2.53 bits per heavy atom. The van der Waals surface area contributed by atoms with Gasteiger partial charge in [0, 0.05) is 18.6 Å². The van der Waals surface area contributed by atoms with E-state index in [0.29, 0.717) is 0 Å². The highest BCUT2D eigenvalue weighted by atomic mass is 15.2. The third-order valence-electron chi connectivity index (χ3n) is 4.44. The highest BCUT2D eigenvalue weighted by Crippen LogP contribution is 2.29. The highest BCUT2D eigenvalue weighted by molar-refractivity contribution is 4.87. The number of rotatable bonds is 4. The standard InChI is InChI=1S/C13H24N2/c1-4-13(5-1)15-8-2-3-12(10-15)14-9-11-6-7-11/h11-14H,1-10H2. The van der Waals surface area contributed by atoms with E-state index in [1.165, 1.54) is 64.6 Å². The number of likely N-dealkylation sites (tertiary alicyclic amines) is 1. The van der Waals surface area contributed by atoms with Crippen molar-refractivity contribution in [1.29, 1.82) is 0 Å². The van der Waals surface area contributed by atoms with Gasteiger partial charge in [0.2, 0.25) is 0 Å². The summed E-state index contributed by atoms with van der Waals surface area (Å²) in [5.74, 6) is 1.03. The van der Waals surface area contributed by atoms with Crippen LogP contribution in [0.3, 0.4) is 0 Å². The van der Waals surface area contributed by atoms with E-state index in [4.69, 9.17) is 0 Å². The molecular weight excluding hydrogens is 184 g/mol. The van der Waals surface area contributed by atoms with Gasteiger partial charge in [0.15, 0.2) is 0 Å². The van der Waals surface area contributed by atoms with Crippen molar-refractivity contribution < 1.29 is 0 Å². The molecule has 15 heavy (non-hydrogen) atoms. The first-order valence-electron chi connectivity index (χ1n) is 6.89. The largest absolute Gasteiger partial charge is 0.312 e. The van der Waals surface area contributed by atoms with E-state index >= 15 is 0 Å². The SMILES string of the molecule is C1CC(N2CCCC(NCC3CC3)C2)C1. The number of nitrogens with zero attached hydrogens (tertiary/aromatic N) is 1. The van der Waals surface area contributed by atoms with Crippen LogP contribution in [0.25, 0.3) is 0 Å². The van der Waals surface area contributed by atoms with Crippen molar-refractivity contribution >= 4 is 0 Å². The number of hydrogen-bond donors (Lipinski definition) is 1. The second kappa shape index (κ2) is 4.42. The fourth-order valence-corrected chi connectivity index (χ4v) is 2.91. The smallest absolute Gasteiger partial charge is 0.0195 e. The summed E-state index contributed by atoms with van der Waals surface area (Å²) in [6.45, 7) is 3.99. The fraction of sp³-hybridized carbons (Fsp3) is 1.00. The molecule has 1 N–H and O–H groups in total. The van der Waals surface area contributed by atoms with Crippen molar-refractivity contribution in [3.05, 3.63) is 0 Å². The predicted octanol–water partition coefficient (Wildman–Crippen LogP) is 2.00. The van der Waals surface area contributed by atoms with Crippen molar-refractivity contribution in [1.82, 2.24) is 10.2 Å². The van der Waals surface area contributed by atoms with Crippen molar-refractivity contribution in [3.8, 4) is 0 Å². The van der Waals surface area contributed by atoms with Crippen LogP contribution in [0.5, 0.6) is 0 Å². The average Bonchev–Trinajstić information content (AvgIpc) is 2.96. The minimum Gasteiger partial charge on any atom is -0.312 e. The molecule has 0 bridgehead atoms. The lowest BCUT2D eigenvalue weighted by molar-refractivity contribution is 0.0873. The molecule has 2 heteroatoms. The maximum atomic E-state index is 3.77. The van der Waals surface area contributed by atoms with Crippen molar-refractivity contribution in [3.63, 3.8) is 0 Å². The van der Waals surface area contributed by atoms with Gasteiger partial charge >= 0.3 is 0 Å². The molecule has 3 fully saturated rings. The molecule has 0 aromatic rings. The number of piperidine rings is 1. The Hall–Kier alpha value is -0.0800. The first kappa shape index (κ1) is 10.1. The topological polar surface area (TPSA) is 15.3 Å². The average molecular weight is 208 g/mol. The van der Waals surface area contributed by atoms with Gasteiger partial charge in [-0.15, -0.1) is 0 Å². The van der Waals surface area contributed by atoms with E-state index in [-0.39, 0.29) is 0 Å². The number of hydrogen-bond acceptors (Lipinski definition) is 2. The zero-order valence-electron chi connectivity index (χ0n) is 9.75. The molecule has 1 unspecified atom stereocenters. The van der Waals surface area contributed by atoms with Crippen LogP contribution in [0, 0.1) is 5.92 Å². The lowest BCUT2D eigenvalue weighted by atomic mass is 9.89. The molecule has 2 nitrogen and oxygen atoms in total. The van der Waals surface area contributed by atoms with Crippen LogP contribution in [0.1, 0.15) is 44.9 Å². The first-order chi connectivity index (χ1) is 7.42. The predicted molar refractivity (Wildman–Crippen MR) is 63.0 cm³/mol. The molecule has 1 atom stereocenters. The van der Waals surface area contributed by atoms with E-state index in [1.807, 2.05) is 0 Å². The third kappa shape index (κ3) is 2.54. The second-order valence-corrected chi connectivity index (χ2v) is 5.77. The van der Waals surface area contributed by atoms with E-state index in [0.717, 1.165) is 18.0 Å². The highest BCUT2D eigenvalue weighted by Gasteiger charge is 2.30. The molecule has 0 aromatic carbocycles. The maximum absolute atomic E-state index is 3.77. The molecule has 3 aliphatic rings. The molecule has 1 aliphatic heterocycles. The van der Waals surface area contributed by atoms with Crippen molar-refractivity contribution in [2.45, 2.75) is 57.0 Å². The Bertz CT molecular complexity index is 209. The quantitative estimate of drug-likeness (QED) is 0.760. The minimum absolute atomic E-state index is 0.806. The van der Waals surface area contributed by atoms with Crippen LogP contribution in [0.2, 0.25) is 0 Å². The molecule has 1 saturated heterocycles. The Balaban J connectivity index is 1.42. The molecule has 3 rings (SSSR count). The number of nitrogens with one attached hydrogen (secondary N) is 1. The van der Waals surface area contributed by atoms with E-state index in [2.05, 4.69) is 10.2 Å². The summed E-state index contributed by atoms with van der Waals surface area (Å²) >= 11 is 0. The van der Waals surface area contributed by atoms with Crippen LogP contribution in [-0.4, -0.2) is 36.6 Å². The molecule has 2 saturated carbocycles. The van der Waals surface area contributed by atoms with Gasteiger partial charge in [-0.3, -0.25) is 4.90 Å². The normalized spacial score (nSPS) is 34.0. The molecule has 0 radical (unpaired) electrons. The van der Waals surface area contributed by atoms with Gasteiger partial charge in [0.25, 0.3) is 0 Å². The van der Waals surface area contributed by atoms with Gasteiger partial charge in [0.05, 0.1) is 0 Å². The molecule has 0 spiro atoms. The Labute approximate surface area is 93.4 Å². The zero-order chi connectivity index (χ0) is 10.1. The molecule has 86 valence electrons. The van der Waals surface area contributed by atoms with E-state index in [9.17, 15) is 0 Å². The van der Waals surface area contributed by atoms with E-state index in [1.54, 1.807) is 0 Å². The summed E-state index contributed by atoms with van der Waals surface area (Å²) < 4.78 is 0. The molecule has 0 amide bonds. The van der Waals surface area contributed by atoms with Crippen LogP contribution < -0.4 is 5.32 Å². The van der Waals surface area contributed by atoms with Crippen LogP contribution in [0.15, 0.2) is 0 Å². The van der Waals surface area contributed by atoms with Crippen LogP contribution >= 0.6 is 0 Å². The second-order valence-electron chi connectivity index (χ2n) is 5.77. The van der Waals surface area contributed by atoms with Crippen molar-refractivity contribution in [2.24, 2.45) is 5.92 Å². The third-order valence-corrected chi connectivity index (χ3v) is 4.44. The Morgan fingerprint density at radius 1 is 1.00 bits per heavy atom. The molecule has 1 heterocycles. The van der Waals surface area contributed by atoms with Gasteiger partial charge in [0.1, 0.15) is 0 Å². The maximum Gasteiger partial charge on any atom is 0.0195 e. The first-order valence-corrected chi connectivity index (χ1v) is 6.89. The zero-order valence-corrected chi connectivity index (χ0v) is 9.75. The molecular formula is C13H24N2. The Morgan fingerprint density at radius 2 is 1.87 bits per heavy atom. The minimum atomic E-state index is 0.806. The van der Waals surface area contributed by atoms with Gasteiger partial charge in [-0.25, -0.2) is 0 Å². The Kier molecular flexibility index (Phi) is 2.98. The fourth-order valence-electron chi connectivity index (χ4n) is 2.91. The molecule has 0 aromatic heterocycles. The van der Waals surface area contributed by atoms with Gasteiger partial charge in [-0.2, -0.15) is 0 Å². The lowest BCUT2D eigenvalue weighted by Crippen LogP contribution is -2.51. The summed E-state index contributed by atoms with van der Waals surface area (Å²) in [6, 6.07) is 1.76. The van der Waals surface area contributed by atoms with Gasteiger partial charge in [-0.1, -0.05) is 6.42 Å². The van der Waals surface area contributed by atoms with Crippen molar-refractivity contribution in [2.75, 3.05) is 19.6 Å². The van der Waals surface area contributed by atoms with Crippen LogP contribution in [0.4, 0.5) is 0 Å². The summed E-state index contributed by atoms with van der Waals surface area (Å²) in [7, 11) is 0. The van der Waals surface area contributed by atoms with Gasteiger partial charge < -0.3 is 5.32 Å². The molecule has 2 aliphatic carbocycles. The summed E-state index contributed by atoms with van der Waals surface area (Å²) in [6.07, 6.45) is 10.2. The van der Waals surface area contributed by atoms with Crippen LogP contribution in [-0.2, 0) is 0 Å². The summed E-state index contributed by atoms with van der Waals surface area (Å²) in [5.41, 5.74) is 0. The monoisotopic (exact) mass is 208 g/mol. The van der Waals surface area contributed by atoms with Gasteiger partial charge in [-0.05, 0) is 57.5 Å². The lowest BCUT2D eigenvalue weighted by Gasteiger charge is -2.42.